The van der Waals surface area contributed by atoms with Crippen LogP contribution in [-0.2, 0) is 14.3 Å². The van der Waals surface area contributed by atoms with E-state index in [1.54, 1.807) is 0 Å². The van der Waals surface area contributed by atoms with Crippen molar-refractivity contribution in [3.8, 4) is 0 Å². The number of rotatable bonds is 4. The number of aliphatic hydroxyl groups is 1. The Labute approximate surface area is 101 Å². The molecule has 15 heavy (non-hydrogen) atoms. The molecule has 8 heteroatoms. The van der Waals surface area contributed by atoms with Gasteiger partial charge in [0.15, 0.2) is 0 Å². The van der Waals surface area contributed by atoms with Gasteiger partial charge in [-0.15, -0.1) is 0 Å². The van der Waals surface area contributed by atoms with E-state index in [1.165, 1.54) is 0 Å². The van der Waals surface area contributed by atoms with Crippen molar-refractivity contribution in [3.05, 3.63) is 0 Å². The Morgan fingerprint density at radius 3 is 2.07 bits per heavy atom. The molecule has 5 nitrogen and oxygen atoms in total. The lowest BCUT2D eigenvalue weighted by Gasteiger charge is -2.29. The molecular formula is C7H9Cl3O5. The van der Waals surface area contributed by atoms with E-state index in [4.69, 9.17) is 39.9 Å². The second-order valence-corrected chi connectivity index (χ2v) is 5.03. The number of hydrogen-bond acceptors (Lipinski definition) is 4. The van der Waals surface area contributed by atoms with Gasteiger partial charge in [-0.3, -0.25) is 4.79 Å². The van der Waals surface area contributed by atoms with Gasteiger partial charge >= 0.3 is 11.9 Å². The molecule has 0 aromatic rings. The van der Waals surface area contributed by atoms with Gasteiger partial charge in [0.1, 0.15) is 0 Å². The third-order valence-corrected chi connectivity index (χ3v) is 2.53. The summed E-state index contributed by atoms with van der Waals surface area (Å²) in [7, 11) is 0. The van der Waals surface area contributed by atoms with Crippen LogP contribution >= 0.6 is 34.8 Å². The summed E-state index contributed by atoms with van der Waals surface area (Å²) in [6, 6.07) is 0. The smallest absolute Gasteiger partial charge is 0.340 e. The first-order valence-corrected chi connectivity index (χ1v) is 4.90. The Balaban J connectivity index is 4.55. The number of carboxylic acids is 1. The van der Waals surface area contributed by atoms with Gasteiger partial charge in [-0.05, 0) is 0 Å². The Morgan fingerprint density at radius 1 is 1.33 bits per heavy atom. The van der Waals surface area contributed by atoms with Crippen molar-refractivity contribution in [2.24, 2.45) is 0 Å². The maximum Gasteiger partial charge on any atom is 0.340 e. The minimum absolute atomic E-state index is 0.355. The van der Waals surface area contributed by atoms with Crippen molar-refractivity contribution in [2.45, 2.75) is 22.7 Å². The van der Waals surface area contributed by atoms with E-state index in [-0.39, 0.29) is 6.61 Å². The fourth-order valence-corrected chi connectivity index (χ4v) is 1.24. The van der Waals surface area contributed by atoms with E-state index in [1.807, 2.05) is 0 Å². The Bertz CT molecular complexity index is 262. The van der Waals surface area contributed by atoms with Crippen molar-refractivity contribution in [2.75, 3.05) is 6.61 Å². The normalized spacial score (nSPS) is 15.5. The van der Waals surface area contributed by atoms with Crippen molar-refractivity contribution in [1.29, 1.82) is 0 Å². The van der Waals surface area contributed by atoms with E-state index < -0.39 is 27.8 Å². The van der Waals surface area contributed by atoms with Crippen LogP contribution in [0.5, 0.6) is 0 Å². The zero-order chi connectivity index (χ0) is 12.3. The molecule has 0 aromatic carbocycles. The largest absolute Gasteiger partial charge is 0.479 e. The lowest BCUT2D eigenvalue weighted by Crippen LogP contribution is -2.51. The highest BCUT2D eigenvalue weighted by Crippen LogP contribution is 2.40. The number of carbonyl (C=O) groups excluding carboxylic acids is 1. The molecule has 0 aliphatic carbocycles. The topological polar surface area (TPSA) is 83.8 Å². The highest BCUT2D eigenvalue weighted by Gasteiger charge is 2.53. The molecule has 0 aliphatic rings. The van der Waals surface area contributed by atoms with Crippen molar-refractivity contribution >= 4 is 46.7 Å². The third kappa shape index (κ3) is 4.03. The van der Waals surface area contributed by atoms with Crippen molar-refractivity contribution < 1.29 is 24.5 Å². The molecule has 0 fully saturated rings. The zero-order valence-electron chi connectivity index (χ0n) is 7.67. The SMILES string of the molecule is CC(=O)OCCC(O)(C(=O)O)C(Cl)(Cl)Cl. The fraction of sp³-hybridized carbons (Fsp3) is 0.714. The van der Waals surface area contributed by atoms with Gasteiger partial charge in [0, 0.05) is 13.3 Å². The molecular weight excluding hydrogens is 270 g/mol. The summed E-state index contributed by atoms with van der Waals surface area (Å²) in [5, 5.41) is 18.2. The molecule has 88 valence electrons. The van der Waals surface area contributed by atoms with Crippen LogP contribution in [0.15, 0.2) is 0 Å². The summed E-state index contributed by atoms with van der Waals surface area (Å²) < 4.78 is 2.04. The summed E-state index contributed by atoms with van der Waals surface area (Å²) in [5.41, 5.74) is -2.59. The minimum atomic E-state index is -2.59. The van der Waals surface area contributed by atoms with E-state index in [0.717, 1.165) is 6.92 Å². The maximum atomic E-state index is 10.7. The molecule has 1 unspecified atom stereocenters. The van der Waals surface area contributed by atoms with Crippen LogP contribution in [0.4, 0.5) is 0 Å². The first-order valence-electron chi connectivity index (χ1n) is 3.77. The Kier molecular flexibility index (Phi) is 5.13. The van der Waals surface area contributed by atoms with Crippen molar-refractivity contribution in [3.63, 3.8) is 0 Å². The van der Waals surface area contributed by atoms with Crippen LogP contribution in [0.25, 0.3) is 0 Å². The molecule has 0 spiro atoms. The lowest BCUT2D eigenvalue weighted by molar-refractivity contribution is -0.162. The van der Waals surface area contributed by atoms with Crippen LogP contribution < -0.4 is 0 Å². The molecule has 0 amide bonds. The number of hydrogen-bond donors (Lipinski definition) is 2. The predicted molar refractivity (Wildman–Crippen MR) is 54.1 cm³/mol. The Hall–Kier alpha value is -0.230. The number of carboxylic acid groups (broad SMARTS) is 1. The van der Waals surface area contributed by atoms with Crippen LogP contribution in [0, 0.1) is 0 Å². The first-order chi connectivity index (χ1) is 6.61. The molecule has 2 N–H and O–H groups in total. The number of alkyl halides is 3. The molecule has 0 bridgehead atoms. The number of ether oxygens (including phenoxy) is 1. The standard InChI is InChI=1S/C7H9Cl3O5/c1-4(11)15-3-2-6(14,5(12)13)7(8,9)10/h14H,2-3H2,1H3,(H,12,13). The van der Waals surface area contributed by atoms with Gasteiger partial charge in [-0.1, -0.05) is 34.8 Å². The summed E-state index contributed by atoms with van der Waals surface area (Å²) in [5.74, 6) is -2.32. The van der Waals surface area contributed by atoms with Gasteiger partial charge in [0.05, 0.1) is 6.61 Å². The van der Waals surface area contributed by atoms with E-state index in [9.17, 15) is 14.7 Å². The van der Waals surface area contributed by atoms with Gasteiger partial charge in [0.25, 0.3) is 0 Å². The highest BCUT2D eigenvalue weighted by atomic mass is 35.6. The van der Waals surface area contributed by atoms with E-state index in [0.29, 0.717) is 0 Å². The average molecular weight is 280 g/mol. The summed E-state index contributed by atoms with van der Waals surface area (Å²) >= 11 is 15.9. The van der Waals surface area contributed by atoms with Gasteiger partial charge in [-0.25, -0.2) is 4.79 Å². The molecule has 0 saturated carbocycles. The fourth-order valence-electron chi connectivity index (χ4n) is 0.712. The predicted octanol–water partition coefficient (Wildman–Crippen LogP) is 1.13. The zero-order valence-corrected chi connectivity index (χ0v) is 9.94. The number of carbonyl (C=O) groups is 2. The summed E-state index contributed by atoms with van der Waals surface area (Å²) in [6.07, 6.45) is -0.515. The average Bonchev–Trinajstić information content (AvgIpc) is 2.00. The molecule has 0 aromatic heterocycles. The monoisotopic (exact) mass is 278 g/mol. The molecule has 0 rings (SSSR count). The quantitative estimate of drug-likeness (QED) is 0.595. The second-order valence-electron chi connectivity index (χ2n) is 2.75. The highest BCUT2D eigenvalue weighted by molar-refractivity contribution is 6.69. The molecule has 0 saturated heterocycles. The molecule has 1 atom stereocenters. The molecule has 0 radical (unpaired) electrons. The molecule has 0 heterocycles. The van der Waals surface area contributed by atoms with Crippen LogP contribution in [0.1, 0.15) is 13.3 Å². The van der Waals surface area contributed by atoms with Gasteiger partial charge < -0.3 is 14.9 Å². The maximum absolute atomic E-state index is 10.7. The number of aliphatic carboxylic acids is 1. The Morgan fingerprint density at radius 2 is 1.80 bits per heavy atom. The van der Waals surface area contributed by atoms with Crippen LogP contribution in [0.3, 0.4) is 0 Å². The van der Waals surface area contributed by atoms with E-state index in [2.05, 4.69) is 4.74 Å². The second kappa shape index (κ2) is 5.21. The molecule has 0 aliphatic heterocycles. The van der Waals surface area contributed by atoms with Crippen molar-refractivity contribution in [1.82, 2.24) is 0 Å². The van der Waals surface area contributed by atoms with Crippen LogP contribution in [0.2, 0.25) is 0 Å². The van der Waals surface area contributed by atoms with Gasteiger partial charge in [-0.2, -0.15) is 0 Å². The summed E-state index contributed by atoms with van der Waals surface area (Å²) in [4.78, 5) is 21.1. The lowest BCUT2D eigenvalue weighted by atomic mass is 10.0. The number of halogens is 3. The minimum Gasteiger partial charge on any atom is -0.479 e. The van der Waals surface area contributed by atoms with Gasteiger partial charge in [0.2, 0.25) is 9.39 Å². The van der Waals surface area contributed by atoms with E-state index >= 15 is 0 Å². The van der Waals surface area contributed by atoms with Crippen LogP contribution in [-0.4, -0.2) is 38.2 Å². The summed E-state index contributed by atoms with van der Waals surface area (Å²) in [6.45, 7) is 0.779. The first kappa shape index (κ1) is 14.8. The third-order valence-electron chi connectivity index (χ3n) is 1.59. The number of esters is 1.